The highest BCUT2D eigenvalue weighted by Crippen LogP contribution is 2.31. The summed E-state index contributed by atoms with van der Waals surface area (Å²) in [5.41, 5.74) is 6.15. The van der Waals surface area contributed by atoms with E-state index in [1.165, 1.54) is 16.6 Å². The van der Waals surface area contributed by atoms with E-state index in [9.17, 15) is 9.59 Å². The van der Waals surface area contributed by atoms with Gasteiger partial charge in [-0.1, -0.05) is 67.8 Å². The summed E-state index contributed by atoms with van der Waals surface area (Å²) in [6, 6.07) is 24.8. The number of allylic oxidation sites excluding steroid dienone is 1. The average molecular weight is 539 g/mol. The molecule has 40 heavy (non-hydrogen) atoms. The van der Waals surface area contributed by atoms with Crippen molar-refractivity contribution in [3.63, 3.8) is 0 Å². The molecule has 4 rings (SSSR count). The van der Waals surface area contributed by atoms with E-state index in [0.29, 0.717) is 17.9 Å². The van der Waals surface area contributed by atoms with Gasteiger partial charge >= 0.3 is 5.97 Å². The maximum Gasteiger partial charge on any atom is 0.303 e. The van der Waals surface area contributed by atoms with E-state index in [-0.39, 0.29) is 25.0 Å². The molecule has 1 heterocycles. The number of amides is 1. The number of anilines is 1. The number of nitrogens with one attached hydrogen (secondary N) is 1. The molecule has 0 fully saturated rings. The molecule has 6 nitrogen and oxygen atoms in total. The first-order valence-corrected chi connectivity index (χ1v) is 14.0. The number of aryl methyl sites for hydroxylation is 1. The van der Waals surface area contributed by atoms with Gasteiger partial charge in [-0.3, -0.25) is 9.59 Å². The maximum absolute atomic E-state index is 12.9. The Morgan fingerprint density at radius 1 is 1.02 bits per heavy atom. The van der Waals surface area contributed by atoms with E-state index in [1.54, 1.807) is 18.2 Å². The van der Waals surface area contributed by atoms with Crippen LogP contribution >= 0.6 is 0 Å². The number of para-hydroxylation sites is 2. The van der Waals surface area contributed by atoms with Gasteiger partial charge < -0.3 is 19.7 Å². The summed E-state index contributed by atoms with van der Waals surface area (Å²) < 4.78 is 8.08. The molecule has 1 aromatic heterocycles. The number of aromatic nitrogens is 1. The molecule has 1 amide bonds. The highest BCUT2D eigenvalue weighted by molar-refractivity contribution is 6.04. The van der Waals surface area contributed by atoms with Crippen molar-refractivity contribution in [1.29, 1.82) is 0 Å². The summed E-state index contributed by atoms with van der Waals surface area (Å²) in [6.07, 6.45) is 7.59. The van der Waals surface area contributed by atoms with Crippen LogP contribution in [0.4, 0.5) is 5.69 Å². The van der Waals surface area contributed by atoms with Gasteiger partial charge in [-0.25, -0.2) is 0 Å². The lowest BCUT2D eigenvalue weighted by Crippen LogP contribution is -2.11. The van der Waals surface area contributed by atoms with Crippen LogP contribution in [0, 0.1) is 6.92 Å². The van der Waals surface area contributed by atoms with Crippen molar-refractivity contribution < 1.29 is 19.4 Å². The van der Waals surface area contributed by atoms with Crippen molar-refractivity contribution >= 4 is 34.0 Å². The first kappa shape index (κ1) is 28.7. The minimum absolute atomic E-state index is 0.0372. The molecule has 0 spiro atoms. The van der Waals surface area contributed by atoms with Gasteiger partial charge in [0.1, 0.15) is 5.75 Å². The molecule has 0 radical (unpaired) electrons. The molecule has 208 valence electrons. The smallest absolute Gasteiger partial charge is 0.303 e. The van der Waals surface area contributed by atoms with E-state index in [1.807, 2.05) is 19.1 Å². The number of aliphatic carboxylic acids is 1. The molecule has 6 heteroatoms. The lowest BCUT2D eigenvalue weighted by molar-refractivity contribution is -0.137. The lowest BCUT2D eigenvalue weighted by atomic mass is 9.99. The second kappa shape index (κ2) is 13.7. The number of ether oxygens (including phenoxy) is 1. The Kier molecular flexibility index (Phi) is 9.79. The summed E-state index contributed by atoms with van der Waals surface area (Å²) in [6.45, 7) is 6.54. The number of hydrogen-bond acceptors (Lipinski definition) is 3. The van der Waals surface area contributed by atoms with Gasteiger partial charge in [-0.15, -0.1) is 0 Å². The second-order valence-electron chi connectivity index (χ2n) is 10.2. The van der Waals surface area contributed by atoms with Crippen LogP contribution in [0.3, 0.4) is 0 Å². The van der Waals surface area contributed by atoms with Gasteiger partial charge in [0.15, 0.2) is 0 Å². The topological polar surface area (TPSA) is 80.6 Å². The number of carbonyl (C=O) groups is 2. The first-order chi connectivity index (χ1) is 19.4. The van der Waals surface area contributed by atoms with Gasteiger partial charge in [0.05, 0.1) is 18.3 Å². The fourth-order valence-electron chi connectivity index (χ4n) is 4.88. The summed E-state index contributed by atoms with van der Waals surface area (Å²) in [5.74, 6) is -0.597. The molecule has 0 saturated carbocycles. The normalized spacial score (nSPS) is 12.3. The SMILES string of the molecule is CCCCC(c1ccc(C)cc1)n1ccc2cc(/C(C)=C/C(=O)Nc3ccccc3OCCCC(=O)O)ccc21. The average Bonchev–Trinajstić information content (AvgIpc) is 3.36. The summed E-state index contributed by atoms with van der Waals surface area (Å²) >= 11 is 0. The van der Waals surface area contributed by atoms with Crippen LogP contribution in [0.1, 0.15) is 68.7 Å². The van der Waals surface area contributed by atoms with Crippen LogP contribution in [0.5, 0.6) is 5.75 Å². The third-order valence-electron chi connectivity index (χ3n) is 7.09. The Balaban J connectivity index is 1.50. The number of carboxylic acids is 1. The van der Waals surface area contributed by atoms with Crippen LogP contribution in [0.15, 0.2) is 85.1 Å². The monoisotopic (exact) mass is 538 g/mol. The highest BCUT2D eigenvalue weighted by atomic mass is 16.5. The van der Waals surface area contributed by atoms with Gasteiger partial charge in [0.25, 0.3) is 0 Å². The van der Waals surface area contributed by atoms with Gasteiger partial charge in [-0.05, 0) is 73.7 Å². The van der Waals surface area contributed by atoms with Crippen molar-refractivity contribution in [1.82, 2.24) is 4.57 Å². The molecule has 0 aliphatic heterocycles. The van der Waals surface area contributed by atoms with Crippen LogP contribution in [0.2, 0.25) is 0 Å². The minimum atomic E-state index is -0.858. The van der Waals surface area contributed by atoms with Crippen LogP contribution in [-0.2, 0) is 9.59 Å². The van der Waals surface area contributed by atoms with Gasteiger partial charge in [0.2, 0.25) is 5.91 Å². The van der Waals surface area contributed by atoms with Crippen molar-refractivity contribution in [2.24, 2.45) is 0 Å². The predicted octanol–water partition coefficient (Wildman–Crippen LogP) is 8.01. The number of benzene rings is 3. The number of rotatable bonds is 13. The number of hydrogen-bond donors (Lipinski definition) is 2. The Bertz CT molecular complexity index is 1480. The zero-order valence-electron chi connectivity index (χ0n) is 23.5. The Morgan fingerprint density at radius 3 is 2.55 bits per heavy atom. The maximum atomic E-state index is 12.9. The third kappa shape index (κ3) is 7.41. The minimum Gasteiger partial charge on any atom is -0.491 e. The summed E-state index contributed by atoms with van der Waals surface area (Å²) in [4.78, 5) is 23.6. The van der Waals surface area contributed by atoms with E-state index >= 15 is 0 Å². The molecule has 2 N–H and O–H groups in total. The second-order valence-corrected chi connectivity index (χ2v) is 10.2. The van der Waals surface area contributed by atoms with Crippen LogP contribution < -0.4 is 10.1 Å². The Labute approximate surface area is 236 Å². The molecule has 0 aliphatic carbocycles. The fraction of sp³-hybridized carbons (Fsp3) is 0.294. The Morgan fingerprint density at radius 2 is 1.80 bits per heavy atom. The quantitative estimate of drug-likeness (QED) is 0.133. The number of fused-ring (bicyclic) bond motifs is 1. The molecule has 1 atom stereocenters. The third-order valence-corrected chi connectivity index (χ3v) is 7.09. The fourth-order valence-corrected chi connectivity index (χ4v) is 4.88. The molecule has 1 unspecified atom stereocenters. The standard InChI is InChI=1S/C34H38N2O4/c1-4-5-10-30(26-15-13-24(2)14-16-26)36-20-19-28-23-27(17-18-31(28)36)25(3)22-33(37)35-29-9-6-7-11-32(29)40-21-8-12-34(38)39/h6-7,9,11,13-20,22-23,30H,4-5,8,10,12,21H2,1-3H3,(H,35,37)(H,38,39)/b25-22+. The van der Waals surface area contributed by atoms with E-state index in [2.05, 4.69) is 78.5 Å². The van der Waals surface area contributed by atoms with Crippen molar-refractivity contribution in [3.8, 4) is 5.75 Å². The lowest BCUT2D eigenvalue weighted by Gasteiger charge is -2.21. The highest BCUT2D eigenvalue weighted by Gasteiger charge is 2.16. The molecular weight excluding hydrogens is 500 g/mol. The summed E-state index contributed by atoms with van der Waals surface area (Å²) in [5, 5.41) is 12.8. The van der Waals surface area contributed by atoms with Crippen molar-refractivity contribution in [2.75, 3.05) is 11.9 Å². The Hall–Kier alpha value is -4.32. The molecule has 0 bridgehead atoms. The van der Waals surface area contributed by atoms with Crippen molar-refractivity contribution in [3.05, 3.63) is 102 Å². The van der Waals surface area contributed by atoms with Gasteiger partial charge in [0, 0.05) is 29.6 Å². The van der Waals surface area contributed by atoms with E-state index < -0.39 is 5.97 Å². The molecule has 0 aliphatic rings. The van der Waals surface area contributed by atoms with E-state index in [4.69, 9.17) is 9.84 Å². The van der Waals surface area contributed by atoms with Crippen molar-refractivity contribution in [2.45, 2.75) is 58.9 Å². The number of carbonyl (C=O) groups excluding carboxylic acids is 1. The molecule has 4 aromatic rings. The number of nitrogens with zero attached hydrogens (tertiary/aromatic N) is 1. The first-order valence-electron chi connectivity index (χ1n) is 14.0. The molecular formula is C34H38N2O4. The number of carboxylic acid groups (broad SMARTS) is 1. The zero-order valence-corrected chi connectivity index (χ0v) is 23.5. The number of unbranched alkanes of at least 4 members (excludes halogenated alkanes) is 1. The predicted molar refractivity (Wildman–Crippen MR) is 162 cm³/mol. The summed E-state index contributed by atoms with van der Waals surface area (Å²) in [7, 11) is 0. The molecule has 3 aromatic carbocycles. The largest absolute Gasteiger partial charge is 0.491 e. The zero-order chi connectivity index (χ0) is 28.5. The molecule has 0 saturated heterocycles. The van der Waals surface area contributed by atoms with Crippen LogP contribution in [0.25, 0.3) is 16.5 Å². The van der Waals surface area contributed by atoms with Crippen LogP contribution in [-0.4, -0.2) is 28.2 Å². The van der Waals surface area contributed by atoms with Gasteiger partial charge in [-0.2, -0.15) is 0 Å². The van der Waals surface area contributed by atoms with E-state index in [0.717, 1.165) is 35.8 Å².